The summed E-state index contributed by atoms with van der Waals surface area (Å²) in [5, 5.41) is 10.2. The number of nitrogens with zero attached hydrogens (tertiary/aromatic N) is 1. The van der Waals surface area contributed by atoms with Crippen molar-refractivity contribution in [2.45, 2.75) is 26.1 Å². The van der Waals surface area contributed by atoms with E-state index in [1.165, 1.54) is 23.3 Å². The quantitative estimate of drug-likeness (QED) is 0.527. The number of rotatable bonds is 10. The summed E-state index contributed by atoms with van der Waals surface area (Å²) in [6.45, 7) is 8.15. The minimum atomic E-state index is -0.592. The van der Waals surface area contributed by atoms with Gasteiger partial charge in [0, 0.05) is 19.6 Å². The Morgan fingerprint density at radius 3 is 2.20 bits per heavy atom. The van der Waals surface area contributed by atoms with Gasteiger partial charge in [-0.1, -0.05) is 48.0 Å². The highest BCUT2D eigenvalue weighted by Gasteiger charge is 2.13. The van der Waals surface area contributed by atoms with E-state index in [-0.39, 0.29) is 12.4 Å². The third-order valence-corrected chi connectivity index (χ3v) is 3.86. The summed E-state index contributed by atoms with van der Waals surface area (Å²) < 4.78 is 18.4. The minimum absolute atomic E-state index is 0.244. The maximum Gasteiger partial charge on any atom is 0.123 e. The van der Waals surface area contributed by atoms with E-state index in [1.807, 2.05) is 0 Å². The summed E-state index contributed by atoms with van der Waals surface area (Å²) in [6.07, 6.45) is 1.07. The monoisotopic (exact) mass is 343 g/mol. The molecule has 0 aliphatic heterocycles. The molecule has 1 N–H and O–H groups in total. The topological polar surface area (TPSA) is 32.7 Å². The normalized spacial score (nSPS) is 12.3. The molecular weight excluding hydrogens is 317 g/mol. The number of hydrogen-bond acceptors (Lipinski definition) is 3. The van der Waals surface area contributed by atoms with Crippen LogP contribution in [0.4, 0.5) is 4.39 Å². The lowest BCUT2D eigenvalue weighted by Gasteiger charge is -2.25. The first-order valence-electron chi connectivity index (χ1n) is 8.46. The molecule has 25 heavy (non-hydrogen) atoms. The average molecular weight is 343 g/mol. The molecule has 134 valence electrons. The number of halogens is 1. The lowest BCUT2D eigenvalue weighted by molar-refractivity contribution is 0.0228. The van der Waals surface area contributed by atoms with Crippen molar-refractivity contribution >= 4 is 0 Å². The van der Waals surface area contributed by atoms with E-state index in [2.05, 4.69) is 42.7 Å². The molecule has 0 spiro atoms. The van der Waals surface area contributed by atoms with Crippen LogP contribution in [-0.2, 0) is 17.8 Å². The Morgan fingerprint density at radius 1 is 1.08 bits per heavy atom. The van der Waals surface area contributed by atoms with Crippen molar-refractivity contribution in [3.05, 3.63) is 83.7 Å². The Morgan fingerprint density at radius 2 is 1.64 bits per heavy atom. The van der Waals surface area contributed by atoms with E-state index in [1.54, 1.807) is 18.2 Å². The van der Waals surface area contributed by atoms with Crippen molar-refractivity contribution in [1.29, 1.82) is 0 Å². The maximum absolute atomic E-state index is 13.1. The predicted molar refractivity (Wildman–Crippen MR) is 98.7 cm³/mol. The number of ether oxygens (including phenoxy) is 1. The molecule has 3 nitrogen and oxygen atoms in total. The molecule has 0 amide bonds. The van der Waals surface area contributed by atoms with Crippen molar-refractivity contribution < 1.29 is 14.2 Å². The summed E-state index contributed by atoms with van der Waals surface area (Å²) in [4.78, 5) is 2.14. The molecule has 0 saturated heterocycles. The van der Waals surface area contributed by atoms with Gasteiger partial charge in [-0.2, -0.15) is 0 Å². The van der Waals surface area contributed by atoms with Crippen LogP contribution in [0.1, 0.15) is 16.7 Å². The second-order valence-electron chi connectivity index (χ2n) is 6.26. The van der Waals surface area contributed by atoms with Gasteiger partial charge in [-0.15, -0.1) is 6.58 Å². The van der Waals surface area contributed by atoms with Crippen LogP contribution in [0.25, 0.3) is 0 Å². The molecule has 1 atom stereocenters. The zero-order valence-electron chi connectivity index (χ0n) is 14.7. The highest BCUT2D eigenvalue weighted by Crippen LogP contribution is 2.12. The Labute approximate surface area is 149 Å². The second-order valence-corrected chi connectivity index (χ2v) is 6.26. The Kier molecular flexibility index (Phi) is 7.79. The van der Waals surface area contributed by atoms with Gasteiger partial charge in [0.15, 0.2) is 0 Å². The van der Waals surface area contributed by atoms with Gasteiger partial charge in [-0.25, -0.2) is 4.39 Å². The first-order valence-corrected chi connectivity index (χ1v) is 8.46. The molecule has 0 saturated carbocycles. The molecule has 0 aromatic heterocycles. The van der Waals surface area contributed by atoms with Gasteiger partial charge in [0.05, 0.1) is 19.3 Å². The summed E-state index contributed by atoms with van der Waals surface area (Å²) >= 11 is 0. The molecule has 2 rings (SSSR count). The number of hydrogen-bond donors (Lipinski definition) is 1. The zero-order chi connectivity index (χ0) is 18.1. The summed E-state index contributed by atoms with van der Waals surface area (Å²) in [5.74, 6) is -0.244. The van der Waals surface area contributed by atoms with Crippen LogP contribution in [0.15, 0.2) is 61.2 Å². The molecule has 2 aromatic carbocycles. The van der Waals surface area contributed by atoms with Crippen LogP contribution < -0.4 is 0 Å². The van der Waals surface area contributed by atoms with Crippen LogP contribution in [0, 0.1) is 12.7 Å². The van der Waals surface area contributed by atoms with Gasteiger partial charge in [-0.05, 0) is 30.2 Å². The molecule has 0 aliphatic carbocycles. The van der Waals surface area contributed by atoms with Gasteiger partial charge in [0.1, 0.15) is 5.82 Å². The van der Waals surface area contributed by atoms with Crippen LogP contribution in [-0.4, -0.2) is 35.9 Å². The lowest BCUT2D eigenvalue weighted by atomic mass is 10.1. The summed E-state index contributed by atoms with van der Waals surface area (Å²) in [7, 11) is 0. The molecule has 4 heteroatoms. The van der Waals surface area contributed by atoms with Crippen molar-refractivity contribution in [2.75, 3.05) is 19.8 Å². The number of benzene rings is 2. The minimum Gasteiger partial charge on any atom is -0.389 e. The molecule has 0 fully saturated rings. The summed E-state index contributed by atoms with van der Waals surface area (Å²) in [5.41, 5.74) is 3.39. The van der Waals surface area contributed by atoms with Crippen molar-refractivity contribution in [1.82, 2.24) is 4.90 Å². The van der Waals surface area contributed by atoms with Crippen molar-refractivity contribution in [3.8, 4) is 0 Å². The predicted octanol–water partition coefficient (Wildman–Crippen LogP) is 3.70. The van der Waals surface area contributed by atoms with E-state index in [0.717, 1.165) is 5.56 Å². The molecule has 0 aliphatic rings. The first kappa shape index (κ1) is 19.3. The van der Waals surface area contributed by atoms with E-state index in [4.69, 9.17) is 4.74 Å². The Balaban J connectivity index is 2.02. The molecule has 0 radical (unpaired) electrons. The Bertz CT molecular complexity index is 592. The van der Waals surface area contributed by atoms with Crippen LogP contribution in [0.5, 0.6) is 0 Å². The molecular formula is C21H26FNO2. The standard InChI is InChI=1S/C21H26FNO2/c1-3-12-25-16-21(24)15-23(13-18-6-4-17(2)5-7-18)14-19-8-10-20(22)11-9-19/h3-11,21,24H,1,12-16H2,2H3. The third-order valence-electron chi connectivity index (χ3n) is 3.86. The smallest absolute Gasteiger partial charge is 0.123 e. The maximum atomic E-state index is 13.1. The lowest BCUT2D eigenvalue weighted by Crippen LogP contribution is -2.34. The SMILES string of the molecule is C=CCOCC(O)CN(Cc1ccc(C)cc1)Cc1ccc(F)cc1. The van der Waals surface area contributed by atoms with E-state index >= 15 is 0 Å². The molecule has 0 heterocycles. The molecule has 2 aromatic rings. The van der Waals surface area contributed by atoms with E-state index in [0.29, 0.717) is 26.2 Å². The highest BCUT2D eigenvalue weighted by atomic mass is 19.1. The van der Waals surface area contributed by atoms with Crippen LogP contribution in [0.2, 0.25) is 0 Å². The van der Waals surface area contributed by atoms with E-state index < -0.39 is 6.10 Å². The number of aryl methyl sites for hydroxylation is 1. The average Bonchev–Trinajstić information content (AvgIpc) is 2.59. The van der Waals surface area contributed by atoms with Crippen molar-refractivity contribution in [3.63, 3.8) is 0 Å². The van der Waals surface area contributed by atoms with Gasteiger partial charge in [-0.3, -0.25) is 4.90 Å². The highest BCUT2D eigenvalue weighted by molar-refractivity contribution is 5.22. The van der Waals surface area contributed by atoms with Crippen LogP contribution in [0.3, 0.4) is 0 Å². The Hall–Kier alpha value is -2.01. The molecule has 0 bridgehead atoms. The van der Waals surface area contributed by atoms with Gasteiger partial charge < -0.3 is 9.84 Å². The number of aliphatic hydroxyl groups excluding tert-OH is 1. The number of aliphatic hydroxyl groups is 1. The van der Waals surface area contributed by atoms with E-state index in [9.17, 15) is 9.50 Å². The van der Waals surface area contributed by atoms with Gasteiger partial charge in [0.2, 0.25) is 0 Å². The first-order chi connectivity index (χ1) is 12.1. The van der Waals surface area contributed by atoms with Crippen molar-refractivity contribution in [2.24, 2.45) is 0 Å². The van der Waals surface area contributed by atoms with Gasteiger partial charge in [0.25, 0.3) is 0 Å². The third kappa shape index (κ3) is 7.18. The van der Waals surface area contributed by atoms with Gasteiger partial charge >= 0.3 is 0 Å². The fourth-order valence-electron chi connectivity index (χ4n) is 2.62. The summed E-state index contributed by atoms with van der Waals surface area (Å²) in [6, 6.07) is 14.8. The zero-order valence-corrected chi connectivity index (χ0v) is 14.7. The molecule has 1 unspecified atom stereocenters. The van der Waals surface area contributed by atoms with Crippen LogP contribution >= 0.6 is 0 Å². The fourth-order valence-corrected chi connectivity index (χ4v) is 2.62. The second kappa shape index (κ2) is 10.1. The fraction of sp³-hybridized carbons (Fsp3) is 0.333. The largest absolute Gasteiger partial charge is 0.389 e.